The van der Waals surface area contributed by atoms with Crippen LogP contribution >= 0.6 is 0 Å². The Morgan fingerprint density at radius 1 is 1.12 bits per heavy atom. The number of hydrogen-bond acceptors (Lipinski definition) is 4. The quantitative estimate of drug-likeness (QED) is 0.827. The van der Waals surface area contributed by atoms with Gasteiger partial charge in [0.1, 0.15) is 10.6 Å². The van der Waals surface area contributed by atoms with E-state index in [4.69, 9.17) is 4.74 Å². The highest BCUT2D eigenvalue weighted by Gasteiger charge is 2.25. The van der Waals surface area contributed by atoms with Crippen LogP contribution in [0.25, 0.3) is 0 Å². The minimum absolute atomic E-state index is 0.00513. The minimum Gasteiger partial charge on any atom is -0.495 e. The highest BCUT2D eigenvalue weighted by atomic mass is 32.2. The van der Waals surface area contributed by atoms with E-state index in [1.807, 2.05) is 19.1 Å². The lowest BCUT2D eigenvalue weighted by Gasteiger charge is -2.17. The van der Waals surface area contributed by atoms with Gasteiger partial charge in [-0.1, -0.05) is 24.3 Å². The molecule has 0 aliphatic rings. The second kappa shape index (κ2) is 7.67. The molecule has 25 heavy (non-hydrogen) atoms. The predicted molar refractivity (Wildman–Crippen MR) is 97.3 cm³/mol. The second-order valence-corrected chi connectivity index (χ2v) is 7.48. The summed E-state index contributed by atoms with van der Waals surface area (Å²) in [7, 11) is -2.51. The fraction of sp³-hybridized carbons (Fsp3) is 0.278. The van der Waals surface area contributed by atoms with E-state index in [9.17, 15) is 13.2 Å². The van der Waals surface area contributed by atoms with Gasteiger partial charge in [-0.05, 0) is 50.1 Å². The van der Waals surface area contributed by atoms with Crippen LogP contribution in [0.2, 0.25) is 0 Å². The number of anilines is 1. The summed E-state index contributed by atoms with van der Waals surface area (Å²) in [6.07, 6.45) is 0. The maximum atomic E-state index is 12.6. The Balaban J connectivity index is 2.19. The maximum Gasteiger partial charge on any atom is 0.244 e. The van der Waals surface area contributed by atoms with E-state index < -0.39 is 22.0 Å². The second-order valence-electron chi connectivity index (χ2n) is 5.80. The molecule has 1 amide bonds. The molecule has 6 nitrogen and oxygen atoms in total. The SMILES string of the molecule is COc1ccc(C)cc1S(=O)(=O)N[C@@H](C)C(=O)Nc1ccccc1C. The van der Waals surface area contributed by atoms with Crippen molar-refractivity contribution in [3.8, 4) is 5.75 Å². The van der Waals surface area contributed by atoms with Crippen molar-refractivity contribution in [1.29, 1.82) is 0 Å². The summed E-state index contributed by atoms with van der Waals surface area (Å²) in [5.41, 5.74) is 2.32. The molecular weight excluding hydrogens is 340 g/mol. The van der Waals surface area contributed by atoms with E-state index in [2.05, 4.69) is 10.0 Å². The lowest BCUT2D eigenvalue weighted by molar-refractivity contribution is -0.117. The first-order chi connectivity index (χ1) is 11.7. The average Bonchev–Trinajstić information content (AvgIpc) is 2.56. The highest BCUT2D eigenvalue weighted by Crippen LogP contribution is 2.24. The van der Waals surface area contributed by atoms with Crippen molar-refractivity contribution in [2.75, 3.05) is 12.4 Å². The number of aryl methyl sites for hydroxylation is 2. The van der Waals surface area contributed by atoms with Crippen molar-refractivity contribution in [2.24, 2.45) is 0 Å². The van der Waals surface area contributed by atoms with E-state index in [1.165, 1.54) is 20.1 Å². The van der Waals surface area contributed by atoms with Crippen molar-refractivity contribution >= 4 is 21.6 Å². The van der Waals surface area contributed by atoms with Crippen molar-refractivity contribution < 1.29 is 17.9 Å². The van der Waals surface area contributed by atoms with Gasteiger partial charge in [0.05, 0.1) is 13.2 Å². The first kappa shape index (κ1) is 19.0. The molecule has 2 aromatic carbocycles. The molecule has 0 unspecified atom stereocenters. The monoisotopic (exact) mass is 362 g/mol. The molecule has 0 radical (unpaired) electrons. The predicted octanol–water partition coefficient (Wildman–Crippen LogP) is 2.62. The number of benzene rings is 2. The summed E-state index contributed by atoms with van der Waals surface area (Å²) >= 11 is 0. The molecule has 134 valence electrons. The van der Waals surface area contributed by atoms with Gasteiger partial charge in [0, 0.05) is 5.69 Å². The Morgan fingerprint density at radius 2 is 1.80 bits per heavy atom. The van der Waals surface area contributed by atoms with Crippen molar-refractivity contribution in [2.45, 2.75) is 31.7 Å². The molecule has 0 fully saturated rings. The van der Waals surface area contributed by atoms with Crippen LogP contribution < -0.4 is 14.8 Å². The number of sulfonamides is 1. The first-order valence-electron chi connectivity index (χ1n) is 7.78. The van der Waals surface area contributed by atoms with Crippen LogP contribution in [0.5, 0.6) is 5.75 Å². The maximum absolute atomic E-state index is 12.6. The van der Waals surface area contributed by atoms with Crippen molar-refractivity contribution in [1.82, 2.24) is 4.72 Å². The molecule has 2 aromatic rings. The van der Waals surface area contributed by atoms with Gasteiger partial charge in [-0.15, -0.1) is 0 Å². The minimum atomic E-state index is -3.91. The molecule has 7 heteroatoms. The average molecular weight is 362 g/mol. The van der Waals surface area contributed by atoms with Gasteiger partial charge in [0.25, 0.3) is 0 Å². The summed E-state index contributed by atoms with van der Waals surface area (Å²) < 4.78 is 32.8. The zero-order chi connectivity index (χ0) is 18.6. The number of methoxy groups -OCH3 is 1. The van der Waals surface area contributed by atoms with Gasteiger partial charge in [-0.2, -0.15) is 4.72 Å². The Kier molecular flexibility index (Phi) is 5.81. The number of carbonyl (C=O) groups is 1. The number of nitrogens with one attached hydrogen (secondary N) is 2. The first-order valence-corrected chi connectivity index (χ1v) is 9.26. The summed E-state index contributed by atoms with van der Waals surface area (Å²) in [5.74, 6) is -0.214. The third-order valence-electron chi connectivity index (χ3n) is 3.74. The lowest BCUT2D eigenvalue weighted by atomic mass is 10.2. The molecular formula is C18H22N2O4S. The van der Waals surface area contributed by atoms with Gasteiger partial charge in [0.2, 0.25) is 15.9 Å². The van der Waals surface area contributed by atoms with Crippen LogP contribution in [0.1, 0.15) is 18.1 Å². The molecule has 0 aromatic heterocycles. The topological polar surface area (TPSA) is 84.5 Å². The van der Waals surface area contributed by atoms with Crippen LogP contribution in [0.15, 0.2) is 47.4 Å². The van der Waals surface area contributed by atoms with Crippen molar-refractivity contribution in [3.05, 3.63) is 53.6 Å². The molecule has 0 heterocycles. The van der Waals surface area contributed by atoms with E-state index >= 15 is 0 Å². The van der Waals surface area contributed by atoms with E-state index in [0.717, 1.165) is 11.1 Å². The summed E-state index contributed by atoms with van der Waals surface area (Å²) in [6, 6.07) is 11.2. The number of ether oxygens (including phenoxy) is 1. The third kappa shape index (κ3) is 4.58. The normalized spacial score (nSPS) is 12.5. The Hall–Kier alpha value is -2.38. The van der Waals surface area contributed by atoms with Crippen LogP contribution in [-0.4, -0.2) is 27.5 Å². The molecule has 0 saturated carbocycles. The van der Waals surface area contributed by atoms with E-state index in [0.29, 0.717) is 5.69 Å². The molecule has 0 spiro atoms. The van der Waals surface area contributed by atoms with Gasteiger partial charge in [-0.25, -0.2) is 8.42 Å². The Morgan fingerprint density at radius 3 is 2.44 bits per heavy atom. The standard InChI is InChI=1S/C18H22N2O4S/c1-12-9-10-16(24-4)17(11-12)25(22,23)20-14(3)18(21)19-15-8-6-5-7-13(15)2/h5-11,14,20H,1-4H3,(H,19,21)/t14-/m0/s1. The van der Waals surface area contributed by atoms with Crippen LogP contribution in [0.3, 0.4) is 0 Å². The van der Waals surface area contributed by atoms with Gasteiger partial charge in [0.15, 0.2) is 0 Å². The number of amides is 1. The fourth-order valence-electron chi connectivity index (χ4n) is 2.30. The lowest BCUT2D eigenvalue weighted by Crippen LogP contribution is -2.41. The van der Waals surface area contributed by atoms with Crippen LogP contribution in [0, 0.1) is 13.8 Å². The molecule has 0 saturated heterocycles. The smallest absolute Gasteiger partial charge is 0.244 e. The zero-order valence-corrected chi connectivity index (χ0v) is 15.5. The summed E-state index contributed by atoms with van der Waals surface area (Å²) in [6.45, 7) is 5.14. The molecule has 0 aliphatic heterocycles. The van der Waals surface area contributed by atoms with E-state index in [-0.39, 0.29) is 10.6 Å². The molecule has 2 rings (SSSR count). The molecule has 0 aliphatic carbocycles. The number of para-hydroxylation sites is 1. The Labute approximate surface area is 148 Å². The zero-order valence-electron chi connectivity index (χ0n) is 14.7. The van der Waals surface area contributed by atoms with E-state index in [1.54, 1.807) is 31.2 Å². The highest BCUT2D eigenvalue weighted by molar-refractivity contribution is 7.89. The third-order valence-corrected chi connectivity index (χ3v) is 5.30. The van der Waals surface area contributed by atoms with Gasteiger partial charge < -0.3 is 10.1 Å². The number of rotatable bonds is 6. The fourth-order valence-corrected chi connectivity index (χ4v) is 3.75. The largest absolute Gasteiger partial charge is 0.495 e. The molecule has 0 bridgehead atoms. The summed E-state index contributed by atoms with van der Waals surface area (Å²) in [5, 5.41) is 2.73. The van der Waals surface area contributed by atoms with Crippen molar-refractivity contribution in [3.63, 3.8) is 0 Å². The van der Waals surface area contributed by atoms with Crippen LogP contribution in [-0.2, 0) is 14.8 Å². The summed E-state index contributed by atoms with van der Waals surface area (Å²) in [4.78, 5) is 12.3. The molecule has 2 N–H and O–H groups in total. The Bertz CT molecular complexity index is 878. The van der Waals surface area contributed by atoms with Crippen LogP contribution in [0.4, 0.5) is 5.69 Å². The van der Waals surface area contributed by atoms with Gasteiger partial charge in [-0.3, -0.25) is 4.79 Å². The number of carbonyl (C=O) groups excluding carboxylic acids is 1. The molecule has 1 atom stereocenters. The van der Waals surface area contributed by atoms with Gasteiger partial charge >= 0.3 is 0 Å². The number of hydrogen-bond donors (Lipinski definition) is 2.